The van der Waals surface area contributed by atoms with E-state index in [4.69, 9.17) is 5.73 Å². The Balaban J connectivity index is 2.29. The van der Waals surface area contributed by atoms with Crippen molar-refractivity contribution in [3.8, 4) is 0 Å². The second-order valence-corrected chi connectivity index (χ2v) is 4.19. The molecular weight excluding hydrogens is 232 g/mol. The van der Waals surface area contributed by atoms with E-state index in [1.54, 1.807) is 0 Å². The van der Waals surface area contributed by atoms with E-state index in [1.165, 1.54) is 0 Å². The summed E-state index contributed by atoms with van der Waals surface area (Å²) < 4.78 is 0. The molecule has 0 spiro atoms. The molecule has 94 valence electrons. The highest BCUT2D eigenvalue weighted by Gasteiger charge is 1.95. The summed E-state index contributed by atoms with van der Waals surface area (Å²) in [7, 11) is 0. The maximum absolute atomic E-state index is 5.64. The fourth-order valence-electron chi connectivity index (χ4n) is 1.72. The number of nitrogen functional groups attached to an aromatic ring is 1. The topological polar surface area (TPSA) is 38.4 Å². The van der Waals surface area contributed by atoms with Crippen LogP contribution in [0.15, 0.2) is 60.6 Å². The van der Waals surface area contributed by atoms with Crippen LogP contribution < -0.4 is 5.73 Å². The number of nitrogens with two attached hydrogens (primary N) is 1. The van der Waals surface area contributed by atoms with Gasteiger partial charge in [0, 0.05) is 11.9 Å². The van der Waals surface area contributed by atoms with Crippen molar-refractivity contribution in [1.29, 1.82) is 0 Å². The summed E-state index contributed by atoms with van der Waals surface area (Å²) in [4.78, 5) is 4.42. The Bertz CT molecular complexity index is 596. The Hall–Kier alpha value is -2.61. The van der Waals surface area contributed by atoms with E-state index in [2.05, 4.69) is 18.2 Å². The van der Waals surface area contributed by atoms with Crippen LogP contribution in [0.1, 0.15) is 16.7 Å². The van der Waals surface area contributed by atoms with Crippen LogP contribution in [0.4, 0.5) is 11.4 Å². The van der Waals surface area contributed by atoms with E-state index < -0.39 is 0 Å². The lowest BCUT2D eigenvalue weighted by Crippen LogP contribution is -1.85. The smallest absolute Gasteiger partial charge is 0.0631 e. The van der Waals surface area contributed by atoms with E-state index in [-0.39, 0.29) is 0 Å². The average molecular weight is 248 g/mol. The van der Waals surface area contributed by atoms with Gasteiger partial charge in [0.25, 0.3) is 0 Å². The Labute approximate surface area is 113 Å². The molecule has 0 aromatic heterocycles. The summed E-state index contributed by atoms with van der Waals surface area (Å²) in [5, 5.41) is 0. The van der Waals surface area contributed by atoms with Gasteiger partial charge in [-0.15, -0.1) is 0 Å². The summed E-state index contributed by atoms with van der Waals surface area (Å²) in [5.41, 5.74) is 10.4. The molecule has 2 aromatic rings. The minimum absolute atomic E-state index is 0.738. The predicted molar refractivity (Wildman–Crippen MR) is 84.7 cm³/mol. The number of rotatable bonds is 4. The molecule has 2 aromatic carbocycles. The van der Waals surface area contributed by atoms with E-state index >= 15 is 0 Å². The molecule has 0 aliphatic carbocycles. The van der Waals surface area contributed by atoms with Crippen LogP contribution in [0.2, 0.25) is 0 Å². The Morgan fingerprint density at radius 2 is 1.37 bits per heavy atom. The zero-order valence-corrected chi connectivity index (χ0v) is 10.7. The Morgan fingerprint density at radius 3 is 1.89 bits per heavy atom. The molecule has 0 aliphatic rings. The van der Waals surface area contributed by atoms with Crippen molar-refractivity contribution in [1.82, 2.24) is 0 Å². The molecule has 2 nitrogen and oxygen atoms in total. The number of aliphatic imine (C=N–C) groups is 1. The first kappa shape index (κ1) is 12.8. The lowest BCUT2D eigenvalue weighted by Gasteiger charge is -2.01. The number of benzene rings is 2. The Morgan fingerprint density at radius 1 is 0.842 bits per heavy atom. The van der Waals surface area contributed by atoms with Crippen LogP contribution in [-0.2, 0) is 0 Å². The van der Waals surface area contributed by atoms with E-state index in [1.807, 2.05) is 60.8 Å². The molecule has 0 atom stereocenters. The maximum atomic E-state index is 5.64. The van der Waals surface area contributed by atoms with E-state index in [0.717, 1.165) is 28.1 Å². The summed E-state index contributed by atoms with van der Waals surface area (Å²) in [6, 6.07) is 13.5. The van der Waals surface area contributed by atoms with Crippen molar-refractivity contribution in [3.63, 3.8) is 0 Å². The highest BCUT2D eigenvalue weighted by atomic mass is 14.7. The number of hydrogen-bond acceptors (Lipinski definition) is 2. The van der Waals surface area contributed by atoms with Crippen LogP contribution in [0.3, 0.4) is 0 Å². The zero-order chi connectivity index (χ0) is 13.7. The maximum Gasteiger partial charge on any atom is 0.0631 e. The molecule has 2 rings (SSSR count). The number of hydrogen-bond donors (Lipinski definition) is 1. The SMILES string of the molecule is C=Cc1cc(C=C)cc(C=Nc2ccc(N)cc2)c1. The van der Waals surface area contributed by atoms with Gasteiger partial charge in [0.1, 0.15) is 0 Å². The molecule has 0 radical (unpaired) electrons. The van der Waals surface area contributed by atoms with Gasteiger partial charge in [-0.05, 0) is 59.2 Å². The molecule has 0 heterocycles. The monoisotopic (exact) mass is 248 g/mol. The van der Waals surface area contributed by atoms with Gasteiger partial charge >= 0.3 is 0 Å². The number of nitrogens with zero attached hydrogens (tertiary/aromatic N) is 1. The molecular formula is C17H16N2. The highest BCUT2D eigenvalue weighted by molar-refractivity contribution is 5.84. The molecule has 0 amide bonds. The first-order valence-electron chi connectivity index (χ1n) is 6.01. The molecule has 0 aliphatic heterocycles. The van der Waals surface area contributed by atoms with Crippen LogP contribution in [0, 0.1) is 0 Å². The summed E-state index contributed by atoms with van der Waals surface area (Å²) >= 11 is 0. The van der Waals surface area contributed by atoms with Gasteiger partial charge in [-0.25, -0.2) is 0 Å². The molecule has 19 heavy (non-hydrogen) atoms. The first-order chi connectivity index (χ1) is 9.21. The predicted octanol–water partition coefficient (Wildman–Crippen LogP) is 4.31. The third-order valence-corrected chi connectivity index (χ3v) is 2.73. The van der Waals surface area contributed by atoms with Gasteiger partial charge in [-0.2, -0.15) is 0 Å². The lowest BCUT2D eigenvalue weighted by atomic mass is 10.1. The van der Waals surface area contributed by atoms with Crippen molar-refractivity contribution in [3.05, 3.63) is 72.3 Å². The fourth-order valence-corrected chi connectivity index (χ4v) is 1.72. The van der Waals surface area contributed by atoms with Crippen molar-refractivity contribution < 1.29 is 0 Å². The van der Waals surface area contributed by atoms with Crippen LogP contribution in [0.25, 0.3) is 12.2 Å². The van der Waals surface area contributed by atoms with Crippen LogP contribution in [0.5, 0.6) is 0 Å². The van der Waals surface area contributed by atoms with Crippen molar-refractivity contribution >= 4 is 29.7 Å². The third-order valence-electron chi connectivity index (χ3n) is 2.73. The molecule has 0 saturated carbocycles. The molecule has 0 saturated heterocycles. The van der Waals surface area contributed by atoms with Crippen LogP contribution in [-0.4, -0.2) is 6.21 Å². The zero-order valence-electron chi connectivity index (χ0n) is 10.7. The second kappa shape index (κ2) is 5.83. The van der Waals surface area contributed by atoms with Gasteiger partial charge in [0.15, 0.2) is 0 Å². The minimum atomic E-state index is 0.738. The van der Waals surface area contributed by atoms with Gasteiger partial charge in [-0.1, -0.05) is 25.3 Å². The highest BCUT2D eigenvalue weighted by Crippen LogP contribution is 2.15. The fraction of sp³-hybridized carbons (Fsp3) is 0. The third kappa shape index (κ3) is 3.42. The largest absolute Gasteiger partial charge is 0.399 e. The van der Waals surface area contributed by atoms with Crippen molar-refractivity contribution in [2.24, 2.45) is 4.99 Å². The van der Waals surface area contributed by atoms with Gasteiger partial charge in [0.2, 0.25) is 0 Å². The van der Waals surface area contributed by atoms with Gasteiger partial charge < -0.3 is 5.73 Å². The standard InChI is InChI=1S/C17H16N2/c1-3-13-9-14(4-2)11-15(10-13)12-19-17-7-5-16(18)6-8-17/h3-12H,1-2,18H2. The average Bonchev–Trinajstić information content (AvgIpc) is 2.46. The molecule has 0 fully saturated rings. The summed E-state index contributed by atoms with van der Waals surface area (Å²) in [5.74, 6) is 0. The quantitative estimate of drug-likeness (QED) is 0.635. The van der Waals surface area contributed by atoms with Gasteiger partial charge in [-0.3, -0.25) is 4.99 Å². The Kier molecular flexibility index (Phi) is 3.94. The molecule has 2 N–H and O–H groups in total. The number of anilines is 1. The van der Waals surface area contributed by atoms with Crippen molar-refractivity contribution in [2.75, 3.05) is 5.73 Å². The normalized spacial score (nSPS) is 10.5. The molecule has 0 unspecified atom stereocenters. The second-order valence-electron chi connectivity index (χ2n) is 4.19. The minimum Gasteiger partial charge on any atom is -0.399 e. The van der Waals surface area contributed by atoms with Crippen molar-refractivity contribution in [2.45, 2.75) is 0 Å². The van der Waals surface area contributed by atoms with E-state index in [0.29, 0.717) is 0 Å². The summed E-state index contributed by atoms with van der Waals surface area (Å²) in [6.45, 7) is 7.57. The summed E-state index contributed by atoms with van der Waals surface area (Å²) in [6.07, 6.45) is 5.45. The molecule has 2 heteroatoms. The lowest BCUT2D eigenvalue weighted by molar-refractivity contribution is 1.52. The first-order valence-corrected chi connectivity index (χ1v) is 6.01. The van der Waals surface area contributed by atoms with Gasteiger partial charge in [0.05, 0.1) is 5.69 Å². The molecule has 0 bridgehead atoms. The van der Waals surface area contributed by atoms with Crippen LogP contribution >= 0.6 is 0 Å². The van der Waals surface area contributed by atoms with E-state index in [9.17, 15) is 0 Å².